The molecule has 0 saturated heterocycles. The average molecular weight is 258 g/mol. The fourth-order valence-corrected chi connectivity index (χ4v) is 3.29. The van der Waals surface area contributed by atoms with Crippen molar-refractivity contribution in [3.63, 3.8) is 0 Å². The number of allylic oxidation sites excluding steroid dienone is 1. The molecule has 0 spiro atoms. The predicted molar refractivity (Wildman–Crippen MR) is 86.5 cm³/mol. The van der Waals surface area contributed by atoms with Crippen LogP contribution >= 0.6 is 0 Å². The van der Waals surface area contributed by atoms with Gasteiger partial charge >= 0.3 is 0 Å². The van der Waals surface area contributed by atoms with Crippen molar-refractivity contribution in [1.82, 2.24) is 0 Å². The Balaban J connectivity index is 0.000000861. The molecule has 1 aromatic rings. The molecule has 0 N–H and O–H groups in total. The SMILES string of the molecule is C=C(C)C(C)(c1ccccc1)C1CCCCC1.CC. The van der Waals surface area contributed by atoms with E-state index < -0.39 is 0 Å². The van der Waals surface area contributed by atoms with Gasteiger partial charge in [-0.25, -0.2) is 0 Å². The van der Waals surface area contributed by atoms with E-state index in [0.717, 1.165) is 5.92 Å². The highest BCUT2D eigenvalue weighted by atomic mass is 14.4. The summed E-state index contributed by atoms with van der Waals surface area (Å²) in [5, 5.41) is 0. The van der Waals surface area contributed by atoms with Crippen LogP contribution in [0.25, 0.3) is 0 Å². The summed E-state index contributed by atoms with van der Waals surface area (Å²) in [5.74, 6) is 0.774. The van der Waals surface area contributed by atoms with Crippen LogP contribution in [-0.2, 0) is 5.41 Å². The van der Waals surface area contributed by atoms with Crippen molar-refractivity contribution in [2.75, 3.05) is 0 Å². The number of benzene rings is 1. The monoisotopic (exact) mass is 258 g/mol. The maximum atomic E-state index is 4.28. The highest BCUT2D eigenvalue weighted by Gasteiger charge is 2.36. The number of hydrogen-bond acceptors (Lipinski definition) is 0. The molecule has 0 radical (unpaired) electrons. The van der Waals surface area contributed by atoms with Gasteiger partial charge in [0.05, 0.1) is 0 Å². The van der Waals surface area contributed by atoms with Crippen LogP contribution in [0.1, 0.15) is 65.4 Å². The highest BCUT2D eigenvalue weighted by molar-refractivity contribution is 5.34. The van der Waals surface area contributed by atoms with Gasteiger partial charge in [-0.05, 0) is 31.2 Å². The van der Waals surface area contributed by atoms with E-state index in [2.05, 4.69) is 50.8 Å². The smallest absolute Gasteiger partial charge is 0.0156 e. The molecule has 0 nitrogen and oxygen atoms in total. The van der Waals surface area contributed by atoms with Crippen molar-refractivity contribution >= 4 is 0 Å². The summed E-state index contributed by atoms with van der Waals surface area (Å²) < 4.78 is 0. The Morgan fingerprint density at radius 1 is 1.05 bits per heavy atom. The van der Waals surface area contributed by atoms with Crippen LogP contribution in [0.3, 0.4) is 0 Å². The third-order valence-corrected chi connectivity index (χ3v) is 4.68. The van der Waals surface area contributed by atoms with Gasteiger partial charge in [0.25, 0.3) is 0 Å². The summed E-state index contributed by atoms with van der Waals surface area (Å²) in [6.45, 7) is 12.9. The topological polar surface area (TPSA) is 0 Å². The van der Waals surface area contributed by atoms with Crippen molar-refractivity contribution in [2.45, 2.75) is 65.2 Å². The lowest BCUT2D eigenvalue weighted by Crippen LogP contribution is -2.34. The number of hydrogen-bond donors (Lipinski definition) is 0. The molecule has 1 aromatic carbocycles. The van der Waals surface area contributed by atoms with Crippen molar-refractivity contribution in [1.29, 1.82) is 0 Å². The van der Waals surface area contributed by atoms with Gasteiger partial charge < -0.3 is 0 Å². The van der Waals surface area contributed by atoms with Crippen LogP contribution < -0.4 is 0 Å². The van der Waals surface area contributed by atoms with E-state index >= 15 is 0 Å². The van der Waals surface area contributed by atoms with Crippen LogP contribution in [0.2, 0.25) is 0 Å². The Labute approximate surface area is 119 Å². The second-order valence-electron chi connectivity index (χ2n) is 5.68. The fraction of sp³-hybridized carbons (Fsp3) is 0.579. The van der Waals surface area contributed by atoms with E-state index in [-0.39, 0.29) is 5.41 Å². The normalized spacial score (nSPS) is 18.9. The maximum Gasteiger partial charge on any atom is 0.0156 e. The first-order chi connectivity index (χ1) is 9.15. The Bertz CT molecular complexity index is 370. The third-order valence-electron chi connectivity index (χ3n) is 4.68. The summed E-state index contributed by atoms with van der Waals surface area (Å²) in [5.41, 5.74) is 2.93. The van der Waals surface area contributed by atoms with Crippen molar-refractivity contribution in [3.8, 4) is 0 Å². The molecule has 2 rings (SSSR count). The minimum Gasteiger partial charge on any atom is -0.0992 e. The molecule has 106 valence electrons. The van der Waals surface area contributed by atoms with E-state index in [1.807, 2.05) is 13.8 Å². The van der Waals surface area contributed by atoms with Gasteiger partial charge in [-0.2, -0.15) is 0 Å². The standard InChI is InChI=1S/C17H24.C2H6/c1-14(2)17(3,15-10-6-4-7-11-15)16-12-8-5-9-13-16;1-2/h4,6-7,10-11,16H,1,5,8-9,12-13H2,2-3H3;1-2H3. The average Bonchev–Trinajstić information content (AvgIpc) is 2.50. The van der Waals surface area contributed by atoms with Gasteiger partial charge in [0.15, 0.2) is 0 Å². The van der Waals surface area contributed by atoms with Crippen molar-refractivity contribution < 1.29 is 0 Å². The summed E-state index contributed by atoms with van der Waals surface area (Å²) in [7, 11) is 0. The molecule has 1 aliphatic carbocycles. The second kappa shape index (κ2) is 7.53. The molecule has 0 heteroatoms. The van der Waals surface area contributed by atoms with E-state index in [0.29, 0.717) is 0 Å². The van der Waals surface area contributed by atoms with Gasteiger partial charge in [-0.3, -0.25) is 0 Å². The second-order valence-corrected chi connectivity index (χ2v) is 5.68. The summed E-state index contributed by atoms with van der Waals surface area (Å²) in [6, 6.07) is 10.9. The predicted octanol–water partition coefficient (Wildman–Crippen LogP) is 6.13. The summed E-state index contributed by atoms with van der Waals surface area (Å²) in [6.07, 6.45) is 6.91. The van der Waals surface area contributed by atoms with Gasteiger partial charge in [-0.1, -0.05) is 82.5 Å². The summed E-state index contributed by atoms with van der Waals surface area (Å²) >= 11 is 0. The van der Waals surface area contributed by atoms with E-state index in [1.54, 1.807) is 0 Å². The molecule has 1 aliphatic rings. The fourth-order valence-electron chi connectivity index (χ4n) is 3.29. The summed E-state index contributed by atoms with van der Waals surface area (Å²) in [4.78, 5) is 0. The molecular weight excluding hydrogens is 228 g/mol. The molecular formula is C19H30. The Morgan fingerprint density at radius 2 is 1.58 bits per heavy atom. The lowest BCUT2D eigenvalue weighted by molar-refractivity contribution is 0.251. The van der Waals surface area contributed by atoms with Crippen LogP contribution in [0.15, 0.2) is 42.5 Å². The third kappa shape index (κ3) is 3.49. The van der Waals surface area contributed by atoms with Gasteiger partial charge in [0.1, 0.15) is 0 Å². The van der Waals surface area contributed by atoms with E-state index in [4.69, 9.17) is 0 Å². The van der Waals surface area contributed by atoms with Crippen LogP contribution in [0, 0.1) is 5.92 Å². The molecule has 19 heavy (non-hydrogen) atoms. The lowest BCUT2D eigenvalue weighted by Gasteiger charge is -2.41. The molecule has 1 unspecified atom stereocenters. The molecule has 1 atom stereocenters. The zero-order chi connectivity index (χ0) is 14.3. The first kappa shape index (κ1) is 16.0. The van der Waals surface area contributed by atoms with Gasteiger partial charge in [-0.15, -0.1) is 0 Å². The van der Waals surface area contributed by atoms with Crippen LogP contribution in [0.5, 0.6) is 0 Å². The highest BCUT2D eigenvalue weighted by Crippen LogP contribution is 2.44. The molecule has 0 bridgehead atoms. The van der Waals surface area contributed by atoms with Crippen LogP contribution in [-0.4, -0.2) is 0 Å². The molecule has 0 aliphatic heterocycles. The minimum atomic E-state index is 0.168. The first-order valence-corrected chi connectivity index (χ1v) is 7.87. The first-order valence-electron chi connectivity index (χ1n) is 7.87. The molecule has 0 aromatic heterocycles. The zero-order valence-corrected chi connectivity index (χ0v) is 13.2. The largest absolute Gasteiger partial charge is 0.0992 e. The minimum absolute atomic E-state index is 0.168. The van der Waals surface area contributed by atoms with E-state index in [1.165, 1.54) is 43.2 Å². The van der Waals surface area contributed by atoms with Crippen LogP contribution in [0.4, 0.5) is 0 Å². The quantitative estimate of drug-likeness (QED) is 0.572. The maximum absolute atomic E-state index is 4.28. The van der Waals surface area contributed by atoms with Crippen molar-refractivity contribution in [3.05, 3.63) is 48.0 Å². The molecule has 0 heterocycles. The van der Waals surface area contributed by atoms with Gasteiger partial charge in [0, 0.05) is 5.41 Å². The zero-order valence-electron chi connectivity index (χ0n) is 13.2. The molecule has 0 amide bonds. The Kier molecular flexibility index (Phi) is 6.34. The molecule has 1 fully saturated rings. The van der Waals surface area contributed by atoms with E-state index in [9.17, 15) is 0 Å². The molecule has 1 saturated carbocycles. The lowest BCUT2D eigenvalue weighted by atomic mass is 9.63. The van der Waals surface area contributed by atoms with Gasteiger partial charge in [0.2, 0.25) is 0 Å². The Hall–Kier alpha value is -1.04. The number of rotatable bonds is 3. The van der Waals surface area contributed by atoms with Crippen molar-refractivity contribution in [2.24, 2.45) is 5.92 Å². The Morgan fingerprint density at radius 3 is 2.05 bits per heavy atom.